The molecule has 0 saturated carbocycles. The summed E-state index contributed by atoms with van der Waals surface area (Å²) < 4.78 is 0. The highest BCUT2D eigenvalue weighted by Crippen LogP contribution is 2.68. The fraction of sp³-hybridized carbons (Fsp3) is 0.392. The number of benzene rings is 5. The lowest BCUT2D eigenvalue weighted by atomic mass is 9.85. The first-order valence-corrected chi connectivity index (χ1v) is 21.1. The van der Waals surface area contributed by atoms with Crippen LogP contribution in [-0.2, 0) is 15.6 Å². The highest BCUT2D eigenvalue weighted by Gasteiger charge is 2.42. The van der Waals surface area contributed by atoms with Gasteiger partial charge in [-0.2, -0.15) is 0 Å². The fourth-order valence-electron chi connectivity index (χ4n) is 8.67. The lowest BCUT2D eigenvalue weighted by Gasteiger charge is -2.42. The van der Waals surface area contributed by atoms with Gasteiger partial charge in [0.1, 0.15) is 5.78 Å². The van der Waals surface area contributed by atoms with E-state index in [2.05, 4.69) is 176 Å². The maximum absolute atomic E-state index is 14.2. The molecule has 1 aliphatic rings. The molecule has 2 atom stereocenters. The second-order valence-electron chi connectivity index (χ2n) is 18.1. The molecule has 53 heavy (non-hydrogen) atoms. The van der Waals surface area contributed by atoms with Gasteiger partial charge >= 0.3 is 0 Å². The van der Waals surface area contributed by atoms with Gasteiger partial charge in [0.05, 0.1) is 0 Å². The molecule has 1 heterocycles. The standard InChI is InChI=1S/C51H61OP/c1-30-26-31(2)35(6)47(34(30)5)43-16-15-17-44(48-36(7)32(3)27-33(4)37(48)8)49(43)53-45(38-18-22-40(23-19-38)50(9,10)11)28-42(52)29-46(53)39-20-24-41(25-21-39)51(12,13)14/h15-27,45-46H,28-29H2,1-14H3. The zero-order valence-electron chi connectivity index (χ0n) is 34.9. The van der Waals surface area contributed by atoms with E-state index in [9.17, 15) is 4.79 Å². The van der Waals surface area contributed by atoms with Gasteiger partial charge in [0.2, 0.25) is 0 Å². The van der Waals surface area contributed by atoms with Crippen LogP contribution in [0.25, 0.3) is 22.3 Å². The van der Waals surface area contributed by atoms with Crippen LogP contribution in [0.3, 0.4) is 0 Å². The SMILES string of the molecule is Cc1cc(C)c(C)c(-c2cccc(-c3c(C)c(C)cc(C)c3C)c2P2C(c3ccc(C(C)(C)C)cc3)CC(=O)CC2c2ccc(C(C)(C)C)cc2)c1C. The zero-order valence-corrected chi connectivity index (χ0v) is 35.8. The van der Waals surface area contributed by atoms with Crippen LogP contribution in [0.5, 0.6) is 0 Å². The maximum atomic E-state index is 14.2. The summed E-state index contributed by atoms with van der Waals surface area (Å²) in [4.78, 5) is 14.2. The summed E-state index contributed by atoms with van der Waals surface area (Å²) in [6, 6.07) is 30.5. The van der Waals surface area contributed by atoms with Crippen molar-refractivity contribution in [2.75, 3.05) is 0 Å². The molecule has 5 aromatic rings. The highest BCUT2D eigenvalue weighted by atomic mass is 31.1. The first-order chi connectivity index (χ1) is 24.8. The first-order valence-electron chi connectivity index (χ1n) is 19.6. The van der Waals surface area contributed by atoms with Crippen molar-refractivity contribution >= 4 is 19.0 Å². The number of hydrogen-bond donors (Lipinski definition) is 0. The number of ketones is 1. The third-order valence-corrected chi connectivity index (χ3v) is 15.7. The van der Waals surface area contributed by atoms with Gasteiger partial charge < -0.3 is 0 Å². The van der Waals surface area contributed by atoms with Crippen LogP contribution in [0, 0.1) is 55.4 Å². The van der Waals surface area contributed by atoms with E-state index in [-0.39, 0.29) is 22.1 Å². The monoisotopic (exact) mass is 720 g/mol. The minimum Gasteiger partial charge on any atom is -0.300 e. The second-order valence-corrected chi connectivity index (χ2v) is 20.6. The summed E-state index contributed by atoms with van der Waals surface area (Å²) >= 11 is 0. The molecular weight excluding hydrogens is 660 g/mol. The van der Waals surface area contributed by atoms with Crippen molar-refractivity contribution in [3.8, 4) is 22.3 Å². The van der Waals surface area contributed by atoms with E-state index in [4.69, 9.17) is 0 Å². The van der Waals surface area contributed by atoms with Crippen LogP contribution < -0.4 is 5.30 Å². The number of carbonyl (C=O) groups excluding carboxylic acids is 1. The number of aryl methyl sites for hydroxylation is 4. The molecule has 6 rings (SSSR count). The Hall–Kier alpha value is -3.80. The number of rotatable bonds is 5. The third kappa shape index (κ3) is 7.36. The van der Waals surface area contributed by atoms with Crippen LogP contribution in [0.4, 0.5) is 0 Å². The molecule has 0 bridgehead atoms. The molecule has 0 N–H and O–H groups in total. The van der Waals surface area contributed by atoms with E-state index < -0.39 is 7.92 Å². The summed E-state index contributed by atoms with van der Waals surface area (Å²) in [7, 11) is -0.946. The third-order valence-electron chi connectivity index (χ3n) is 12.4. The second kappa shape index (κ2) is 14.5. The van der Waals surface area contributed by atoms with Crippen molar-refractivity contribution in [2.24, 2.45) is 0 Å². The summed E-state index contributed by atoms with van der Waals surface area (Å²) in [6.45, 7) is 32.0. The fourth-order valence-corrected chi connectivity index (χ4v) is 12.4. The van der Waals surface area contributed by atoms with E-state index in [0.717, 1.165) is 0 Å². The Morgan fingerprint density at radius 2 is 0.811 bits per heavy atom. The highest BCUT2D eigenvalue weighted by molar-refractivity contribution is 7.67. The lowest BCUT2D eigenvalue weighted by molar-refractivity contribution is -0.119. The molecule has 0 amide bonds. The largest absolute Gasteiger partial charge is 0.300 e. The molecule has 2 unspecified atom stereocenters. The molecule has 0 radical (unpaired) electrons. The predicted octanol–water partition coefficient (Wildman–Crippen LogP) is 14.0. The summed E-state index contributed by atoms with van der Waals surface area (Å²) in [5.74, 6) is 0.370. The number of hydrogen-bond acceptors (Lipinski definition) is 1. The average molecular weight is 721 g/mol. The van der Waals surface area contributed by atoms with Crippen LogP contribution >= 0.6 is 7.92 Å². The van der Waals surface area contributed by atoms with Crippen LogP contribution in [0.2, 0.25) is 0 Å². The van der Waals surface area contributed by atoms with Crippen molar-refractivity contribution in [1.82, 2.24) is 0 Å². The van der Waals surface area contributed by atoms with Crippen molar-refractivity contribution in [2.45, 2.75) is 132 Å². The number of Topliss-reactive ketones (excluding diaryl/α,β-unsaturated/α-hetero) is 1. The van der Waals surface area contributed by atoms with E-state index in [1.807, 2.05) is 0 Å². The maximum Gasteiger partial charge on any atom is 0.134 e. The molecule has 1 saturated heterocycles. The van der Waals surface area contributed by atoms with E-state index in [1.54, 1.807) is 0 Å². The summed E-state index contributed by atoms with van der Waals surface area (Å²) in [6.07, 6.45) is 1.14. The van der Waals surface area contributed by atoms with Gasteiger partial charge in [-0.3, -0.25) is 4.79 Å². The minimum atomic E-state index is -0.946. The van der Waals surface area contributed by atoms with Crippen molar-refractivity contribution in [3.63, 3.8) is 0 Å². The van der Waals surface area contributed by atoms with E-state index in [1.165, 1.54) is 94.3 Å². The number of carbonyl (C=O) groups is 1. The van der Waals surface area contributed by atoms with Crippen LogP contribution in [0.15, 0.2) is 78.9 Å². The Morgan fingerprint density at radius 1 is 0.491 bits per heavy atom. The Balaban J connectivity index is 1.76. The van der Waals surface area contributed by atoms with E-state index >= 15 is 0 Å². The summed E-state index contributed by atoms with van der Waals surface area (Å²) in [5, 5.41) is 1.46. The molecular formula is C51H61OP. The lowest BCUT2D eigenvalue weighted by Crippen LogP contribution is -2.26. The predicted molar refractivity (Wildman–Crippen MR) is 232 cm³/mol. The molecule has 0 aromatic heterocycles. The topological polar surface area (TPSA) is 17.1 Å². The quantitative estimate of drug-likeness (QED) is 0.165. The Kier molecular flexibility index (Phi) is 10.6. The van der Waals surface area contributed by atoms with Crippen molar-refractivity contribution in [1.29, 1.82) is 0 Å². The van der Waals surface area contributed by atoms with Gasteiger partial charge in [-0.25, -0.2) is 0 Å². The molecule has 0 spiro atoms. The minimum absolute atomic E-state index is 0.0545. The summed E-state index contributed by atoms with van der Waals surface area (Å²) in [5.41, 5.74) is 21.6. The van der Waals surface area contributed by atoms with E-state index in [0.29, 0.717) is 18.6 Å². The molecule has 1 nitrogen and oxygen atoms in total. The van der Waals surface area contributed by atoms with Gasteiger partial charge in [-0.05, 0) is 161 Å². The molecule has 1 fully saturated rings. The Morgan fingerprint density at radius 3 is 1.11 bits per heavy atom. The normalized spacial score (nSPS) is 18.1. The Bertz CT molecular complexity index is 1980. The molecule has 276 valence electrons. The molecule has 5 aromatic carbocycles. The van der Waals surface area contributed by atoms with Crippen molar-refractivity contribution < 1.29 is 4.79 Å². The van der Waals surface area contributed by atoms with Gasteiger partial charge in [0.25, 0.3) is 0 Å². The van der Waals surface area contributed by atoms with Crippen LogP contribution in [0.1, 0.15) is 132 Å². The van der Waals surface area contributed by atoms with Gasteiger partial charge in [0.15, 0.2) is 0 Å². The molecule has 2 heteroatoms. The average Bonchev–Trinajstić information content (AvgIpc) is 3.09. The smallest absolute Gasteiger partial charge is 0.134 e. The van der Waals surface area contributed by atoms with Gasteiger partial charge in [0, 0.05) is 24.2 Å². The molecule has 1 aliphatic heterocycles. The van der Waals surface area contributed by atoms with Crippen LogP contribution in [-0.4, -0.2) is 5.78 Å². The van der Waals surface area contributed by atoms with Gasteiger partial charge in [-0.15, -0.1) is 0 Å². The van der Waals surface area contributed by atoms with Crippen molar-refractivity contribution in [3.05, 3.63) is 146 Å². The Labute approximate surface area is 322 Å². The molecule has 0 aliphatic carbocycles. The first kappa shape index (κ1) is 38.9. The van der Waals surface area contributed by atoms with Gasteiger partial charge in [-0.1, -0.05) is 128 Å². The zero-order chi connectivity index (χ0) is 38.7.